The molecule has 7 rings (SSSR count). The maximum atomic E-state index is 13.3. The van der Waals surface area contributed by atoms with Gasteiger partial charge in [0.15, 0.2) is 11.6 Å². The molecular formula is C31H18N2O4. The number of phenolic OH excluding ortho intramolecular Hbond substituents is 1. The zero-order valence-electron chi connectivity index (χ0n) is 19.3. The maximum absolute atomic E-state index is 13.3. The Morgan fingerprint density at radius 2 is 1.43 bits per heavy atom. The van der Waals surface area contributed by atoms with Gasteiger partial charge >= 0.3 is 0 Å². The van der Waals surface area contributed by atoms with Crippen molar-refractivity contribution in [3.8, 4) is 5.75 Å². The van der Waals surface area contributed by atoms with Crippen LogP contribution in [0.4, 0.5) is 5.69 Å². The number of aromatic nitrogens is 1. The largest absolute Gasteiger partial charge is 0.507 e. The van der Waals surface area contributed by atoms with Crippen LogP contribution in [0.3, 0.4) is 0 Å². The topological polar surface area (TPSA) is 99.3 Å². The number of ketones is 2. The van der Waals surface area contributed by atoms with Crippen LogP contribution in [0.5, 0.6) is 5.75 Å². The number of hydrogen-bond donors (Lipinski definition) is 3. The molecule has 6 heteroatoms. The van der Waals surface area contributed by atoms with Crippen LogP contribution in [0.25, 0.3) is 32.6 Å². The predicted octanol–water partition coefficient (Wildman–Crippen LogP) is 6.21. The molecule has 1 aliphatic carbocycles. The van der Waals surface area contributed by atoms with Gasteiger partial charge in [-0.25, -0.2) is 0 Å². The number of carbonyl (C=O) groups is 3. The second-order valence-electron chi connectivity index (χ2n) is 9.14. The lowest BCUT2D eigenvalue weighted by Gasteiger charge is -2.20. The minimum absolute atomic E-state index is 0.0653. The fraction of sp³-hybridized carbons (Fsp3) is 0. The number of para-hydroxylation sites is 1. The van der Waals surface area contributed by atoms with Gasteiger partial charge in [-0.15, -0.1) is 0 Å². The Balaban J connectivity index is 1.31. The SMILES string of the molecule is O=C(Nc1cccc2c1C(=O)c1ccccc1C2=O)c1cc2ccc3c4ccccc4[nH]c3c2cc1O. The lowest BCUT2D eigenvalue weighted by Crippen LogP contribution is -2.24. The highest BCUT2D eigenvalue weighted by molar-refractivity contribution is 6.31. The number of benzene rings is 5. The minimum Gasteiger partial charge on any atom is -0.507 e. The normalized spacial score (nSPS) is 12.6. The van der Waals surface area contributed by atoms with Crippen molar-refractivity contribution in [1.82, 2.24) is 4.98 Å². The highest BCUT2D eigenvalue weighted by atomic mass is 16.3. The van der Waals surface area contributed by atoms with Gasteiger partial charge in [-0.3, -0.25) is 14.4 Å². The molecule has 5 aromatic carbocycles. The number of amides is 1. The Labute approximate surface area is 210 Å². The molecule has 176 valence electrons. The average Bonchev–Trinajstić information content (AvgIpc) is 3.30. The molecular weight excluding hydrogens is 464 g/mol. The highest BCUT2D eigenvalue weighted by Gasteiger charge is 2.32. The number of phenols is 1. The number of nitrogens with one attached hydrogen (secondary N) is 2. The highest BCUT2D eigenvalue weighted by Crippen LogP contribution is 2.36. The molecule has 0 radical (unpaired) electrons. The number of fused-ring (bicyclic) bond motifs is 7. The quantitative estimate of drug-likeness (QED) is 0.273. The Morgan fingerprint density at radius 1 is 0.703 bits per heavy atom. The van der Waals surface area contributed by atoms with Gasteiger partial charge in [-0.2, -0.15) is 0 Å². The maximum Gasteiger partial charge on any atom is 0.259 e. The molecule has 0 saturated heterocycles. The summed E-state index contributed by atoms with van der Waals surface area (Å²) in [6.07, 6.45) is 0. The number of anilines is 1. The van der Waals surface area contributed by atoms with Gasteiger partial charge in [0.2, 0.25) is 0 Å². The van der Waals surface area contributed by atoms with Gasteiger partial charge in [0.1, 0.15) is 5.75 Å². The number of H-pyrrole nitrogens is 1. The van der Waals surface area contributed by atoms with Crippen molar-refractivity contribution in [1.29, 1.82) is 0 Å². The molecule has 1 aliphatic rings. The van der Waals surface area contributed by atoms with Gasteiger partial charge in [0.25, 0.3) is 5.91 Å². The summed E-state index contributed by atoms with van der Waals surface area (Å²) in [5, 5.41) is 17.3. The van der Waals surface area contributed by atoms with E-state index in [0.717, 1.165) is 32.6 Å². The second-order valence-corrected chi connectivity index (χ2v) is 9.14. The van der Waals surface area contributed by atoms with Crippen molar-refractivity contribution in [3.05, 3.63) is 119 Å². The first-order valence-corrected chi connectivity index (χ1v) is 11.8. The molecule has 0 aliphatic heterocycles. The van der Waals surface area contributed by atoms with Crippen LogP contribution < -0.4 is 5.32 Å². The molecule has 1 heterocycles. The van der Waals surface area contributed by atoms with Gasteiger partial charge in [0, 0.05) is 38.4 Å². The third kappa shape index (κ3) is 3.02. The first-order chi connectivity index (χ1) is 18.0. The third-order valence-corrected chi connectivity index (χ3v) is 7.06. The molecule has 0 bridgehead atoms. The zero-order chi connectivity index (χ0) is 25.3. The smallest absolute Gasteiger partial charge is 0.259 e. The number of aromatic hydroxyl groups is 1. The zero-order valence-corrected chi connectivity index (χ0v) is 19.3. The number of rotatable bonds is 2. The molecule has 3 N–H and O–H groups in total. The van der Waals surface area contributed by atoms with Crippen LogP contribution in [-0.4, -0.2) is 27.6 Å². The summed E-state index contributed by atoms with van der Waals surface area (Å²) in [4.78, 5) is 43.0. The standard InChI is InChI=1S/C31H18N2O4/c34-26-15-22-16(12-13-18-17-6-3-4-10-24(17)32-28(18)22)14-23(26)31(37)33-25-11-5-9-21-27(25)30(36)20-8-2-1-7-19(20)29(21)35/h1-15,32,34H,(H,33,37). The molecule has 0 unspecified atom stereocenters. The predicted molar refractivity (Wildman–Crippen MR) is 143 cm³/mol. The summed E-state index contributed by atoms with van der Waals surface area (Å²) >= 11 is 0. The first-order valence-electron chi connectivity index (χ1n) is 11.8. The summed E-state index contributed by atoms with van der Waals surface area (Å²) in [6, 6.07) is 26.5. The first kappa shape index (κ1) is 21.1. The van der Waals surface area contributed by atoms with Crippen molar-refractivity contribution >= 4 is 55.7 Å². The van der Waals surface area contributed by atoms with E-state index in [-0.39, 0.29) is 39.7 Å². The van der Waals surface area contributed by atoms with Crippen molar-refractivity contribution in [2.24, 2.45) is 0 Å². The van der Waals surface area contributed by atoms with Crippen LogP contribution >= 0.6 is 0 Å². The fourth-order valence-electron chi connectivity index (χ4n) is 5.30. The van der Waals surface area contributed by atoms with E-state index >= 15 is 0 Å². The number of carbonyl (C=O) groups excluding carboxylic acids is 3. The van der Waals surface area contributed by atoms with E-state index < -0.39 is 5.91 Å². The molecule has 0 atom stereocenters. The molecule has 1 aromatic heterocycles. The van der Waals surface area contributed by atoms with Gasteiger partial charge in [0.05, 0.1) is 22.3 Å². The Morgan fingerprint density at radius 3 is 2.27 bits per heavy atom. The van der Waals surface area contributed by atoms with E-state index in [1.165, 1.54) is 0 Å². The summed E-state index contributed by atoms with van der Waals surface area (Å²) in [7, 11) is 0. The van der Waals surface area contributed by atoms with Gasteiger partial charge in [-0.05, 0) is 29.7 Å². The number of aromatic amines is 1. The van der Waals surface area contributed by atoms with Crippen molar-refractivity contribution in [2.75, 3.05) is 5.32 Å². The Kier molecular flexibility index (Phi) is 4.35. The fourth-order valence-corrected chi connectivity index (χ4v) is 5.30. The third-order valence-electron chi connectivity index (χ3n) is 7.06. The van der Waals surface area contributed by atoms with E-state index in [9.17, 15) is 19.5 Å². The molecule has 1 amide bonds. The van der Waals surface area contributed by atoms with Crippen molar-refractivity contribution < 1.29 is 19.5 Å². The Hall–Kier alpha value is -5.23. The lowest BCUT2D eigenvalue weighted by molar-refractivity contribution is 0.0978. The average molecular weight is 482 g/mol. The molecule has 0 fully saturated rings. The summed E-state index contributed by atoms with van der Waals surface area (Å²) in [5.41, 5.74) is 3.19. The monoisotopic (exact) mass is 482 g/mol. The molecule has 6 aromatic rings. The van der Waals surface area contributed by atoms with Gasteiger partial charge in [-0.1, -0.05) is 66.7 Å². The second kappa shape index (κ2) is 7.63. The van der Waals surface area contributed by atoms with Crippen LogP contribution in [0.15, 0.2) is 91.0 Å². The number of hydrogen-bond acceptors (Lipinski definition) is 4. The summed E-state index contributed by atoms with van der Waals surface area (Å²) in [6.45, 7) is 0. The molecule has 6 nitrogen and oxygen atoms in total. The summed E-state index contributed by atoms with van der Waals surface area (Å²) < 4.78 is 0. The van der Waals surface area contributed by atoms with Crippen molar-refractivity contribution in [3.63, 3.8) is 0 Å². The van der Waals surface area contributed by atoms with Gasteiger partial charge < -0.3 is 15.4 Å². The van der Waals surface area contributed by atoms with E-state index in [1.807, 2.05) is 36.4 Å². The van der Waals surface area contributed by atoms with Crippen LogP contribution in [-0.2, 0) is 0 Å². The molecule has 0 saturated carbocycles. The lowest BCUT2D eigenvalue weighted by atomic mass is 9.83. The van der Waals surface area contributed by atoms with Crippen LogP contribution in [0.1, 0.15) is 42.2 Å². The molecule has 0 spiro atoms. The minimum atomic E-state index is -0.580. The Bertz CT molecular complexity index is 1980. The molecule has 37 heavy (non-hydrogen) atoms. The summed E-state index contributed by atoms with van der Waals surface area (Å²) in [5.74, 6) is -1.36. The van der Waals surface area contributed by atoms with Crippen molar-refractivity contribution in [2.45, 2.75) is 0 Å². The van der Waals surface area contributed by atoms with Crippen LogP contribution in [0.2, 0.25) is 0 Å². The van der Waals surface area contributed by atoms with Crippen LogP contribution in [0, 0.1) is 0 Å². The van der Waals surface area contributed by atoms with E-state index in [1.54, 1.807) is 54.6 Å². The van der Waals surface area contributed by atoms with E-state index in [4.69, 9.17) is 0 Å². The van der Waals surface area contributed by atoms with E-state index in [0.29, 0.717) is 11.1 Å². The van der Waals surface area contributed by atoms with E-state index in [2.05, 4.69) is 10.3 Å².